The molecule has 0 aromatic rings. The molecule has 0 bridgehead atoms. The molecule has 0 fully saturated rings. The second-order valence-electron chi connectivity index (χ2n) is 6.78. The van der Waals surface area contributed by atoms with Gasteiger partial charge < -0.3 is 38.1 Å². The predicted molar refractivity (Wildman–Crippen MR) is 83.8 cm³/mol. The van der Waals surface area contributed by atoms with Crippen LogP contribution in [0.15, 0.2) is 0 Å². The largest absolute Gasteiger partial charge is 1.00 e. The number of hydrogen-bond donors (Lipinski definition) is 2. The second kappa shape index (κ2) is 15.6. The molecule has 0 aliphatic heterocycles. The van der Waals surface area contributed by atoms with Crippen molar-refractivity contribution in [1.82, 2.24) is 0 Å². The van der Waals surface area contributed by atoms with Crippen LogP contribution in [0.1, 0.15) is 47.0 Å². The summed E-state index contributed by atoms with van der Waals surface area (Å²) in [6.07, 6.45) is -2.24. The molecule has 5 atom stereocenters. The molecule has 0 saturated carbocycles. The summed E-state index contributed by atoms with van der Waals surface area (Å²) in [6.45, 7) is 3.82. The third-order valence-corrected chi connectivity index (χ3v) is 10.3. The van der Waals surface area contributed by atoms with Crippen molar-refractivity contribution in [2.75, 3.05) is 0 Å². The summed E-state index contributed by atoms with van der Waals surface area (Å²) in [6, 6.07) is 0. The van der Waals surface area contributed by atoms with E-state index in [1.54, 1.807) is 0 Å². The van der Waals surface area contributed by atoms with E-state index in [0.29, 0.717) is 0 Å². The van der Waals surface area contributed by atoms with Gasteiger partial charge in [0.2, 0.25) is 0 Å². The zero-order valence-electron chi connectivity index (χ0n) is 18.4. The van der Waals surface area contributed by atoms with Crippen molar-refractivity contribution in [2.24, 2.45) is 0 Å². The quantitative estimate of drug-likeness (QED) is 0.147. The molecular weight excluding hydrogens is 529 g/mol. The average molecular weight is 550 g/mol. The Hall–Kier alpha value is 4.36. The van der Waals surface area contributed by atoms with Crippen LogP contribution in [0.5, 0.6) is 0 Å². The first kappa shape index (κ1) is 44.4. The monoisotopic (exact) mass is 550 g/mol. The molecule has 12 nitrogen and oxygen atoms in total. The van der Waals surface area contributed by atoms with Crippen LogP contribution < -0.4 is 133 Å². The van der Waals surface area contributed by atoms with Crippen molar-refractivity contribution in [3.05, 3.63) is 0 Å². The number of rotatable bonds is 10. The molecule has 2 N–H and O–H groups in total. The third-order valence-electron chi connectivity index (χ3n) is 3.98. The van der Waals surface area contributed by atoms with Crippen molar-refractivity contribution in [2.45, 2.75) is 62.5 Å². The number of hydrogen-bond acceptors (Lipinski definition) is 10. The molecule has 158 valence electrons. The number of phosphoric acid groups is 1. The maximum atomic E-state index is 12.0. The van der Waals surface area contributed by atoms with Gasteiger partial charge in [-0.1, -0.05) is 27.7 Å². The minimum atomic E-state index is -5.73. The molecule has 20 heteroatoms. The molecule has 0 heterocycles. The van der Waals surface area contributed by atoms with Crippen LogP contribution in [0.25, 0.3) is 0 Å². The smallest absolute Gasteiger partial charge is 0.778 e. The molecule has 0 saturated heterocycles. The van der Waals surface area contributed by atoms with Gasteiger partial charge in [-0.05, 0) is 19.3 Å². The zero-order chi connectivity index (χ0) is 21.4. The Morgan fingerprint density at radius 3 is 1.57 bits per heavy atom. The van der Waals surface area contributed by atoms with Gasteiger partial charge in [-0.15, -0.1) is 0 Å². The van der Waals surface area contributed by atoms with Crippen LogP contribution in [-0.4, -0.2) is 38.3 Å². The van der Waals surface area contributed by atoms with Crippen LogP contribution in [0.3, 0.4) is 0 Å². The van der Waals surface area contributed by atoms with Crippen LogP contribution in [-0.2, 0) is 28.1 Å². The maximum absolute atomic E-state index is 12.0. The first-order valence-corrected chi connectivity index (χ1v) is 13.2. The standard InChI is InChI=1S/C10H25O12P3S.4Na/c1-5-8(26(19,20)21)6-10(4,23(11,12)13)7-9(2,3)24(14,15)22-25(16,17)18;;;;/h8H,5-7H2,1-4H3,(H,14,15)(H2,11,12,13)(H2,16,17,18)(H,19,20,21);;;;/q;4*+1/p-4. The molecule has 30 heavy (non-hydrogen) atoms. The molecular formula is C10H21Na4O12P3S. The Morgan fingerprint density at radius 2 is 1.33 bits per heavy atom. The molecule has 0 aromatic carbocycles. The van der Waals surface area contributed by atoms with Crippen molar-refractivity contribution in [3.8, 4) is 0 Å². The van der Waals surface area contributed by atoms with E-state index in [1.807, 2.05) is 0 Å². The minimum absolute atomic E-state index is 0. The molecule has 0 radical (unpaired) electrons. The molecule has 0 aliphatic carbocycles. The SMILES string of the molecule is CCC(CC(C)(CC(C)(C)P(=O)([O-])OP(=O)([O-])O)P(=O)([O-])O)S(=O)(=O)[O-].[Na+].[Na+].[Na+].[Na+]. The molecule has 0 amide bonds. The Kier molecular flexibility index (Phi) is 23.0. The molecule has 0 rings (SSSR count). The molecule has 5 unspecified atom stereocenters. The van der Waals surface area contributed by atoms with Gasteiger partial charge in [0.15, 0.2) is 0 Å². The fourth-order valence-electron chi connectivity index (χ4n) is 2.50. The maximum Gasteiger partial charge on any atom is 1.00 e. The Morgan fingerprint density at radius 1 is 0.967 bits per heavy atom. The van der Waals surface area contributed by atoms with E-state index in [-0.39, 0.29) is 125 Å². The van der Waals surface area contributed by atoms with Gasteiger partial charge in [0.1, 0.15) is 15.2 Å². The topological polar surface area (TPSA) is 227 Å². The summed E-state index contributed by atoms with van der Waals surface area (Å²) < 4.78 is 71.9. The van der Waals surface area contributed by atoms with E-state index in [4.69, 9.17) is 4.89 Å². The van der Waals surface area contributed by atoms with E-state index >= 15 is 0 Å². The van der Waals surface area contributed by atoms with Crippen molar-refractivity contribution in [1.29, 1.82) is 0 Å². The summed E-state index contributed by atoms with van der Waals surface area (Å²) in [7, 11) is -21.6. The normalized spacial score (nSPS) is 20.7. The first-order valence-electron chi connectivity index (χ1n) is 7.13. The minimum Gasteiger partial charge on any atom is -0.778 e. The van der Waals surface area contributed by atoms with Gasteiger partial charge in [-0.2, -0.15) is 0 Å². The molecule has 0 aliphatic rings. The van der Waals surface area contributed by atoms with Crippen LogP contribution >= 0.6 is 23.0 Å². The average Bonchev–Trinajstić information content (AvgIpc) is 2.29. The van der Waals surface area contributed by atoms with E-state index in [0.717, 1.165) is 20.8 Å². The van der Waals surface area contributed by atoms with E-state index in [2.05, 4.69) is 4.31 Å². The first-order chi connectivity index (χ1) is 11.1. The van der Waals surface area contributed by atoms with Gasteiger partial charge >= 0.3 is 118 Å². The summed E-state index contributed by atoms with van der Waals surface area (Å²) in [5, 5.41) is -6.44. The van der Waals surface area contributed by atoms with Gasteiger partial charge in [-0.3, -0.25) is 8.88 Å². The van der Waals surface area contributed by atoms with Gasteiger partial charge in [0.05, 0.1) is 15.4 Å². The van der Waals surface area contributed by atoms with Crippen LogP contribution in [0, 0.1) is 0 Å². The van der Waals surface area contributed by atoms with Crippen molar-refractivity contribution < 1.29 is 174 Å². The van der Waals surface area contributed by atoms with Crippen LogP contribution in [0.2, 0.25) is 0 Å². The fourth-order valence-corrected chi connectivity index (χ4v) is 7.29. The van der Waals surface area contributed by atoms with E-state index in [9.17, 15) is 46.2 Å². The van der Waals surface area contributed by atoms with Gasteiger partial charge in [0.25, 0.3) is 7.82 Å². The predicted octanol–water partition coefficient (Wildman–Crippen LogP) is -12.8. The van der Waals surface area contributed by atoms with Gasteiger partial charge in [0, 0.05) is 10.3 Å². The molecule has 0 spiro atoms. The van der Waals surface area contributed by atoms with E-state index in [1.165, 1.54) is 6.92 Å². The fraction of sp³-hybridized carbons (Fsp3) is 1.00. The Balaban J connectivity index is -0.000000521. The summed E-state index contributed by atoms with van der Waals surface area (Å²) in [5.41, 5.74) is 0. The van der Waals surface area contributed by atoms with Crippen molar-refractivity contribution >= 4 is 33.1 Å². The van der Waals surface area contributed by atoms with Gasteiger partial charge in [-0.25, -0.2) is 8.42 Å². The summed E-state index contributed by atoms with van der Waals surface area (Å²) >= 11 is 0. The Labute approximate surface area is 265 Å². The van der Waals surface area contributed by atoms with E-state index < -0.39 is 61.5 Å². The van der Waals surface area contributed by atoms with Crippen LogP contribution in [0.4, 0.5) is 0 Å². The summed E-state index contributed by atoms with van der Waals surface area (Å²) in [4.78, 5) is 52.7. The van der Waals surface area contributed by atoms with Crippen molar-refractivity contribution in [3.63, 3.8) is 0 Å². The third kappa shape index (κ3) is 14.2. The molecule has 0 aromatic heterocycles. The Bertz CT molecular complexity index is 766. The second-order valence-corrected chi connectivity index (χ2v) is 14.4. The summed E-state index contributed by atoms with van der Waals surface area (Å²) in [5.74, 6) is 0. The zero-order valence-corrected chi connectivity index (χ0v) is 29.9.